The van der Waals surface area contributed by atoms with Crippen molar-refractivity contribution in [2.75, 3.05) is 12.3 Å². The number of nitrogens with two attached hydrogens (primary N) is 1. The van der Waals surface area contributed by atoms with Gasteiger partial charge in [-0.1, -0.05) is 18.2 Å². The maximum Gasteiger partial charge on any atom is 0.339 e. The number of aromatic nitrogens is 1. The lowest BCUT2D eigenvalue weighted by atomic mass is 10.2. The van der Waals surface area contributed by atoms with Crippen LogP contribution in [0, 0.1) is 6.92 Å². The molecule has 0 saturated heterocycles. The van der Waals surface area contributed by atoms with Crippen LogP contribution >= 0.6 is 10.5 Å². The van der Waals surface area contributed by atoms with Crippen molar-refractivity contribution in [3.8, 4) is 11.5 Å². The van der Waals surface area contributed by atoms with Crippen LogP contribution in [0.3, 0.4) is 0 Å². The molecule has 3 aromatic rings. The van der Waals surface area contributed by atoms with Gasteiger partial charge >= 0.3 is 15.2 Å². The first kappa shape index (κ1) is 19.2. The summed E-state index contributed by atoms with van der Waals surface area (Å²) in [7, 11) is -3.99. The molecule has 3 rings (SSSR count). The summed E-state index contributed by atoms with van der Waals surface area (Å²) in [6, 6.07) is 13.1. The Bertz CT molecular complexity index is 1000. The monoisotopic (exact) mass is 405 g/mol. The number of benzene rings is 2. The molecule has 27 heavy (non-hydrogen) atoms. The van der Waals surface area contributed by atoms with Gasteiger partial charge < -0.3 is 14.7 Å². The second-order valence-corrected chi connectivity index (χ2v) is 9.42. The minimum absolute atomic E-state index is 0.110. The van der Waals surface area contributed by atoms with Crippen molar-refractivity contribution in [1.82, 2.24) is 4.98 Å². The molecule has 0 amide bonds. The summed E-state index contributed by atoms with van der Waals surface area (Å²) in [5.41, 5.74) is 6.65. The molecular formula is C19H21N2O4S2+. The van der Waals surface area contributed by atoms with Gasteiger partial charge in [0, 0.05) is 23.0 Å². The number of aryl methyl sites for hydroxylation is 2. The highest BCUT2D eigenvalue weighted by atomic mass is 32.2. The molecule has 0 aliphatic heterocycles. The zero-order chi connectivity index (χ0) is 19.3. The first-order valence-electron chi connectivity index (χ1n) is 8.38. The first-order chi connectivity index (χ1) is 12.9. The summed E-state index contributed by atoms with van der Waals surface area (Å²) in [6.45, 7) is 2.36. The van der Waals surface area contributed by atoms with E-state index < -0.39 is 10.1 Å². The Labute approximate surface area is 161 Å². The van der Waals surface area contributed by atoms with Crippen LogP contribution in [-0.4, -0.2) is 20.0 Å². The summed E-state index contributed by atoms with van der Waals surface area (Å²) in [5, 5.41) is 2.66. The molecule has 0 radical (unpaired) electrons. The number of anilines is 1. The molecule has 1 unspecified atom stereocenters. The molecule has 2 N–H and O–H groups in total. The number of nitrogen functional groups attached to an aromatic ring is 1. The first-order valence-corrected chi connectivity index (χ1v) is 11.2. The Morgan fingerprint density at radius 2 is 1.85 bits per heavy atom. The predicted octanol–water partition coefficient (Wildman–Crippen LogP) is 3.96. The number of thiazole rings is 1. The van der Waals surface area contributed by atoms with Crippen molar-refractivity contribution in [2.24, 2.45) is 0 Å². The van der Waals surface area contributed by atoms with Crippen LogP contribution in [0.2, 0.25) is 0 Å². The van der Waals surface area contributed by atoms with Gasteiger partial charge in [0.1, 0.15) is 22.1 Å². The Morgan fingerprint density at radius 1 is 1.11 bits per heavy atom. The van der Waals surface area contributed by atoms with Crippen molar-refractivity contribution < 1.29 is 17.3 Å². The van der Waals surface area contributed by atoms with E-state index in [1.807, 2.05) is 18.4 Å². The second kappa shape index (κ2) is 8.41. The standard InChI is InChI=1S/C19H21N2O4S2/c1-15-12-16(24-9-5-10-26-11-8-21-19(26)20)14-17(13-15)25-27(22,23)18-6-3-2-4-7-18/h2-4,6-8,11-14H,5,9-10H2,1H3,(H2,20,21)/q+1. The van der Waals surface area contributed by atoms with E-state index in [2.05, 4.69) is 4.98 Å². The molecule has 0 bridgehead atoms. The number of ether oxygens (including phenoxy) is 1. The Balaban J connectivity index is 1.63. The van der Waals surface area contributed by atoms with Crippen molar-refractivity contribution in [3.63, 3.8) is 0 Å². The lowest BCUT2D eigenvalue weighted by molar-refractivity contribution is 0.313. The number of rotatable bonds is 8. The highest BCUT2D eigenvalue weighted by molar-refractivity contribution is 7.87. The fraction of sp³-hybridized carbons (Fsp3) is 0.211. The Hall–Kier alpha value is -2.58. The average molecular weight is 406 g/mol. The highest BCUT2D eigenvalue weighted by Gasteiger charge is 2.17. The Kier molecular flexibility index (Phi) is 5.98. The third-order valence-electron chi connectivity index (χ3n) is 3.74. The number of hydrogen-bond acceptors (Lipinski definition) is 6. The quantitative estimate of drug-likeness (QED) is 0.346. The predicted molar refractivity (Wildman–Crippen MR) is 107 cm³/mol. The fourth-order valence-corrected chi connectivity index (χ4v) is 4.75. The zero-order valence-corrected chi connectivity index (χ0v) is 16.5. The average Bonchev–Trinajstić information content (AvgIpc) is 3.04. The van der Waals surface area contributed by atoms with Gasteiger partial charge in [-0.2, -0.15) is 13.4 Å². The molecule has 0 fully saturated rings. The maximum absolute atomic E-state index is 12.4. The van der Waals surface area contributed by atoms with Crippen molar-refractivity contribution in [2.45, 2.75) is 24.0 Å². The SMILES string of the molecule is Cc1cc(OCCC[s+]2ccnc2N)cc(OS(=O)(=O)c2ccccc2)c1. The highest BCUT2D eigenvalue weighted by Crippen LogP contribution is 2.28. The minimum Gasteiger partial charge on any atom is -0.493 e. The summed E-state index contributed by atoms with van der Waals surface area (Å²) >= 11 is 0. The zero-order valence-electron chi connectivity index (χ0n) is 14.9. The van der Waals surface area contributed by atoms with Gasteiger partial charge in [-0.3, -0.25) is 0 Å². The van der Waals surface area contributed by atoms with Crippen LogP contribution in [0.4, 0.5) is 5.13 Å². The molecule has 0 saturated carbocycles. The number of nitrogens with zero attached hydrogens (tertiary/aromatic N) is 1. The van der Waals surface area contributed by atoms with E-state index in [1.54, 1.807) is 36.5 Å². The van der Waals surface area contributed by atoms with Gasteiger partial charge in [-0.15, -0.1) is 0 Å². The van der Waals surface area contributed by atoms with Crippen LogP contribution in [0.25, 0.3) is 0 Å². The molecule has 1 heterocycles. The van der Waals surface area contributed by atoms with E-state index in [9.17, 15) is 8.42 Å². The molecule has 2 aromatic carbocycles. The van der Waals surface area contributed by atoms with Gasteiger partial charge in [-0.05, 0) is 36.8 Å². The molecule has 6 nitrogen and oxygen atoms in total. The van der Waals surface area contributed by atoms with Crippen LogP contribution in [-0.2, 0) is 15.9 Å². The molecule has 142 valence electrons. The molecule has 1 aromatic heterocycles. The largest absolute Gasteiger partial charge is 0.493 e. The molecule has 0 spiro atoms. The lowest BCUT2D eigenvalue weighted by Crippen LogP contribution is -2.10. The van der Waals surface area contributed by atoms with Gasteiger partial charge in [0.2, 0.25) is 0 Å². The lowest BCUT2D eigenvalue weighted by Gasteiger charge is -2.11. The van der Waals surface area contributed by atoms with E-state index in [0.29, 0.717) is 17.5 Å². The smallest absolute Gasteiger partial charge is 0.339 e. The molecular weight excluding hydrogens is 384 g/mol. The van der Waals surface area contributed by atoms with Gasteiger partial charge in [-0.25, -0.2) is 0 Å². The van der Waals surface area contributed by atoms with E-state index in [4.69, 9.17) is 14.7 Å². The van der Waals surface area contributed by atoms with E-state index in [-0.39, 0.29) is 21.1 Å². The summed E-state index contributed by atoms with van der Waals surface area (Å²) in [5.74, 6) is 1.68. The van der Waals surface area contributed by atoms with E-state index in [0.717, 1.165) is 17.7 Å². The van der Waals surface area contributed by atoms with Crippen molar-refractivity contribution in [1.29, 1.82) is 0 Å². The van der Waals surface area contributed by atoms with Gasteiger partial charge in [0.25, 0.3) is 0 Å². The van der Waals surface area contributed by atoms with Crippen LogP contribution in [0.1, 0.15) is 12.0 Å². The summed E-state index contributed by atoms with van der Waals surface area (Å²) in [4.78, 5) is 4.16. The van der Waals surface area contributed by atoms with E-state index >= 15 is 0 Å². The third-order valence-corrected chi connectivity index (χ3v) is 6.82. The van der Waals surface area contributed by atoms with Gasteiger partial charge in [0.15, 0.2) is 5.38 Å². The van der Waals surface area contributed by atoms with Crippen molar-refractivity contribution in [3.05, 3.63) is 65.7 Å². The van der Waals surface area contributed by atoms with Gasteiger partial charge in [0.05, 0.1) is 12.8 Å². The second-order valence-electron chi connectivity index (χ2n) is 5.92. The minimum atomic E-state index is -3.88. The van der Waals surface area contributed by atoms with Crippen LogP contribution < -0.4 is 14.7 Å². The summed E-state index contributed by atoms with van der Waals surface area (Å²) in [6.07, 6.45) is 2.55. The molecule has 0 aliphatic carbocycles. The molecule has 1 atom stereocenters. The van der Waals surface area contributed by atoms with Crippen LogP contribution in [0.15, 0.2) is 65.0 Å². The normalized spacial score (nSPS) is 12.0. The maximum atomic E-state index is 12.4. The Morgan fingerprint density at radius 3 is 2.56 bits per heavy atom. The topological polar surface area (TPSA) is 91.5 Å². The van der Waals surface area contributed by atoms with Crippen molar-refractivity contribution >= 4 is 25.7 Å². The third kappa shape index (κ3) is 5.21. The molecule has 8 heteroatoms. The van der Waals surface area contributed by atoms with E-state index in [1.165, 1.54) is 12.1 Å². The van der Waals surface area contributed by atoms with Crippen LogP contribution in [0.5, 0.6) is 11.5 Å². The summed E-state index contributed by atoms with van der Waals surface area (Å²) < 4.78 is 35.8. The molecule has 0 aliphatic rings. The fourth-order valence-electron chi connectivity index (χ4n) is 2.50. The number of hydrogen-bond donors (Lipinski definition) is 1.